The van der Waals surface area contributed by atoms with E-state index in [2.05, 4.69) is 13.6 Å². The van der Waals surface area contributed by atoms with Crippen LogP contribution in [-0.2, 0) is 19.8 Å². The summed E-state index contributed by atoms with van der Waals surface area (Å²) in [6.07, 6.45) is -4.86. The summed E-state index contributed by atoms with van der Waals surface area (Å²) in [6, 6.07) is 2.24. The van der Waals surface area contributed by atoms with Gasteiger partial charge in [-0.25, -0.2) is 8.96 Å². The maximum absolute atomic E-state index is 13.5. The van der Waals surface area contributed by atoms with Crippen LogP contribution in [0, 0.1) is 5.82 Å². The van der Waals surface area contributed by atoms with Crippen molar-refractivity contribution < 1.29 is 35.7 Å². The van der Waals surface area contributed by atoms with E-state index >= 15 is 0 Å². The zero-order valence-electron chi connectivity index (χ0n) is 10.7. The van der Waals surface area contributed by atoms with Crippen LogP contribution < -0.4 is 4.52 Å². The molecule has 0 atom stereocenters. The van der Waals surface area contributed by atoms with E-state index in [1.54, 1.807) is 0 Å². The van der Waals surface area contributed by atoms with E-state index in [0.717, 1.165) is 12.1 Å². The fourth-order valence-corrected chi connectivity index (χ4v) is 2.56. The Kier molecular flexibility index (Phi) is 5.56. The average molecular weight is 316 g/mol. The minimum absolute atomic E-state index is 0.132. The van der Waals surface area contributed by atoms with Gasteiger partial charge in [0.05, 0.1) is 13.2 Å². The number of hydrogen-bond donors (Lipinski definition) is 0. The number of rotatable bonds is 6. The summed E-state index contributed by atoms with van der Waals surface area (Å²) in [4.78, 5) is 0. The van der Waals surface area contributed by atoms with Crippen molar-refractivity contribution in [2.24, 2.45) is 0 Å². The summed E-state index contributed by atoms with van der Waals surface area (Å²) in [5, 5.41) is 0. The first-order valence-electron chi connectivity index (χ1n) is 5.68. The Morgan fingerprint density at radius 1 is 1.15 bits per heavy atom. The molecule has 0 unspecified atom stereocenters. The van der Waals surface area contributed by atoms with Gasteiger partial charge >= 0.3 is 14.0 Å². The molecular formula is C11H13F4O4P. The standard InChI is InChI=1S/C11H13F4O4P/c1-3-17-20(16,18-4-2)19-10-8(11(13,14)15)6-5-7-9(10)12/h5-7H,3-4H2,1-2H3. The van der Waals surface area contributed by atoms with Gasteiger partial charge in [-0.3, -0.25) is 9.05 Å². The van der Waals surface area contributed by atoms with Gasteiger partial charge in [0.25, 0.3) is 0 Å². The van der Waals surface area contributed by atoms with Gasteiger partial charge in [0, 0.05) is 0 Å². The Labute approximate surface area is 113 Å². The van der Waals surface area contributed by atoms with Crippen molar-refractivity contribution in [2.75, 3.05) is 13.2 Å². The zero-order chi connectivity index (χ0) is 15.4. The fourth-order valence-electron chi connectivity index (χ4n) is 1.34. The highest BCUT2D eigenvalue weighted by Gasteiger charge is 2.39. The third kappa shape index (κ3) is 4.19. The van der Waals surface area contributed by atoms with Gasteiger partial charge in [-0.1, -0.05) is 6.07 Å². The fraction of sp³-hybridized carbons (Fsp3) is 0.455. The van der Waals surface area contributed by atoms with Gasteiger partial charge in [-0.15, -0.1) is 0 Å². The minimum Gasteiger partial charge on any atom is -0.400 e. The molecule has 0 heterocycles. The van der Waals surface area contributed by atoms with E-state index < -0.39 is 31.1 Å². The van der Waals surface area contributed by atoms with Crippen LogP contribution in [0.5, 0.6) is 5.75 Å². The second-order valence-corrected chi connectivity index (χ2v) is 5.08. The molecule has 0 aromatic heterocycles. The van der Waals surface area contributed by atoms with Crippen molar-refractivity contribution in [1.29, 1.82) is 0 Å². The summed E-state index contributed by atoms with van der Waals surface area (Å²) < 4.78 is 77.8. The summed E-state index contributed by atoms with van der Waals surface area (Å²) in [7, 11) is -4.30. The molecule has 4 nitrogen and oxygen atoms in total. The first kappa shape index (κ1) is 16.9. The molecular weight excluding hydrogens is 303 g/mol. The predicted octanol–water partition coefficient (Wildman–Crippen LogP) is 4.40. The predicted molar refractivity (Wildman–Crippen MR) is 62.9 cm³/mol. The van der Waals surface area contributed by atoms with Gasteiger partial charge in [-0.2, -0.15) is 13.2 Å². The smallest absolute Gasteiger partial charge is 0.400 e. The molecule has 1 rings (SSSR count). The lowest BCUT2D eigenvalue weighted by molar-refractivity contribution is -0.138. The summed E-state index contributed by atoms with van der Waals surface area (Å²) >= 11 is 0. The van der Waals surface area contributed by atoms with Crippen LogP contribution >= 0.6 is 7.82 Å². The van der Waals surface area contributed by atoms with Crippen molar-refractivity contribution in [3.05, 3.63) is 29.6 Å². The molecule has 0 aliphatic heterocycles. The lowest BCUT2D eigenvalue weighted by Gasteiger charge is -2.20. The zero-order valence-corrected chi connectivity index (χ0v) is 11.6. The second-order valence-electron chi connectivity index (χ2n) is 3.49. The highest BCUT2D eigenvalue weighted by molar-refractivity contribution is 7.48. The minimum atomic E-state index is -4.86. The van der Waals surface area contributed by atoms with Gasteiger partial charge in [0.2, 0.25) is 0 Å². The van der Waals surface area contributed by atoms with E-state index in [-0.39, 0.29) is 13.2 Å². The molecule has 1 aromatic carbocycles. The molecule has 9 heteroatoms. The second kappa shape index (κ2) is 6.56. The third-order valence-electron chi connectivity index (χ3n) is 2.05. The Balaban J connectivity index is 3.22. The van der Waals surface area contributed by atoms with Crippen LogP contribution in [0.2, 0.25) is 0 Å². The summed E-state index contributed by atoms with van der Waals surface area (Å²) in [5.74, 6) is -2.51. The summed E-state index contributed by atoms with van der Waals surface area (Å²) in [5.41, 5.74) is -1.39. The molecule has 1 aromatic rings. The number of halogens is 4. The Morgan fingerprint density at radius 2 is 1.70 bits per heavy atom. The van der Waals surface area contributed by atoms with Gasteiger partial charge in [0.15, 0.2) is 11.6 Å². The van der Waals surface area contributed by atoms with E-state index in [4.69, 9.17) is 0 Å². The summed E-state index contributed by atoms with van der Waals surface area (Å²) in [6.45, 7) is 2.63. The Bertz CT molecular complexity index is 494. The number of para-hydroxylation sites is 1. The first-order chi connectivity index (χ1) is 9.23. The lowest BCUT2D eigenvalue weighted by atomic mass is 10.2. The normalized spacial score (nSPS) is 12.5. The topological polar surface area (TPSA) is 44.8 Å². The number of alkyl halides is 3. The molecule has 0 fully saturated rings. The number of phosphoric acid groups is 1. The molecule has 0 aliphatic carbocycles. The van der Waals surface area contributed by atoms with E-state index in [9.17, 15) is 22.1 Å². The van der Waals surface area contributed by atoms with Crippen molar-refractivity contribution in [1.82, 2.24) is 0 Å². The average Bonchev–Trinajstić information content (AvgIpc) is 2.31. The molecule has 0 spiro atoms. The third-order valence-corrected chi connectivity index (χ3v) is 3.60. The Morgan fingerprint density at radius 3 is 2.15 bits per heavy atom. The van der Waals surface area contributed by atoms with Crippen LogP contribution in [0.15, 0.2) is 18.2 Å². The van der Waals surface area contributed by atoms with Crippen LogP contribution in [-0.4, -0.2) is 13.2 Å². The molecule has 0 amide bonds. The molecule has 0 N–H and O–H groups in total. The van der Waals surface area contributed by atoms with Crippen molar-refractivity contribution >= 4 is 7.82 Å². The largest absolute Gasteiger partial charge is 0.530 e. The van der Waals surface area contributed by atoms with Crippen LogP contribution in [0.4, 0.5) is 17.6 Å². The quantitative estimate of drug-likeness (QED) is 0.576. The molecule has 0 saturated heterocycles. The first-order valence-corrected chi connectivity index (χ1v) is 7.14. The monoisotopic (exact) mass is 316 g/mol. The van der Waals surface area contributed by atoms with Gasteiger partial charge < -0.3 is 4.52 Å². The molecule has 0 aliphatic rings. The lowest BCUT2D eigenvalue weighted by Crippen LogP contribution is -2.11. The van der Waals surface area contributed by atoms with Crippen LogP contribution in [0.3, 0.4) is 0 Å². The van der Waals surface area contributed by atoms with Crippen LogP contribution in [0.1, 0.15) is 19.4 Å². The number of benzene rings is 1. The van der Waals surface area contributed by atoms with Gasteiger partial charge in [-0.05, 0) is 26.0 Å². The SMILES string of the molecule is CCOP(=O)(OCC)Oc1c(F)cccc1C(F)(F)F. The highest BCUT2D eigenvalue weighted by Crippen LogP contribution is 2.52. The van der Waals surface area contributed by atoms with Crippen molar-refractivity contribution in [2.45, 2.75) is 20.0 Å². The number of phosphoric ester groups is 1. The number of hydrogen-bond acceptors (Lipinski definition) is 4. The maximum atomic E-state index is 13.5. The van der Waals surface area contributed by atoms with E-state index in [0.29, 0.717) is 6.07 Å². The highest BCUT2D eigenvalue weighted by atomic mass is 31.2. The maximum Gasteiger partial charge on any atom is 0.530 e. The van der Waals surface area contributed by atoms with Crippen molar-refractivity contribution in [3.63, 3.8) is 0 Å². The Hall–Kier alpha value is -1.11. The molecule has 0 bridgehead atoms. The molecule has 0 radical (unpaired) electrons. The molecule has 114 valence electrons. The molecule has 0 saturated carbocycles. The van der Waals surface area contributed by atoms with Crippen molar-refractivity contribution in [3.8, 4) is 5.75 Å². The van der Waals surface area contributed by atoms with E-state index in [1.165, 1.54) is 13.8 Å². The van der Waals surface area contributed by atoms with Gasteiger partial charge in [0.1, 0.15) is 5.56 Å². The van der Waals surface area contributed by atoms with E-state index in [1.807, 2.05) is 0 Å². The molecule has 20 heavy (non-hydrogen) atoms. The van der Waals surface area contributed by atoms with Crippen LogP contribution in [0.25, 0.3) is 0 Å².